The molecule has 0 saturated carbocycles. The Kier molecular flexibility index (Phi) is 6.62. The smallest absolute Gasteiger partial charge is 0.311 e. The molecule has 1 fully saturated rings. The van der Waals surface area contributed by atoms with E-state index in [2.05, 4.69) is 51.2 Å². The molecule has 34 heavy (non-hydrogen) atoms. The number of aliphatic imine (C=N–C) groups is 1. The summed E-state index contributed by atoms with van der Waals surface area (Å²) in [6, 6.07) is 20.4. The quantitative estimate of drug-likeness (QED) is 0.167. The van der Waals surface area contributed by atoms with Crippen LogP contribution in [0, 0.1) is 0 Å². The predicted octanol–water partition coefficient (Wildman–Crippen LogP) is 4.39. The molecule has 0 amide bonds. The van der Waals surface area contributed by atoms with Crippen molar-refractivity contribution in [3.05, 3.63) is 93.0 Å². The first-order valence-electron chi connectivity index (χ1n) is 11.7. The number of hydrazine groups is 1. The van der Waals surface area contributed by atoms with Gasteiger partial charge in [0.1, 0.15) is 5.84 Å². The third-order valence-electron chi connectivity index (χ3n) is 6.73. The molecule has 2 aromatic carbocycles. The van der Waals surface area contributed by atoms with Crippen LogP contribution in [0.15, 0.2) is 81.2 Å². The first-order valence-corrected chi connectivity index (χ1v) is 12.6. The standard InChI is InChI=1S/C26H30N6OS/c1-18(19-7-3-2-4-8-19)28-25(30-27)24(20-13-16-34-17-20)31-14-11-21(12-15-31)32-23-10-6-5-9-22(23)29-26(32)33/h2-10,13,16-18,21,24H,11-12,14-15,27H2,1H3,(H,28,30)(H,29,33)/t18-,24+/m0/s1. The number of benzene rings is 2. The average Bonchev–Trinajstić information content (AvgIpc) is 3.52. The molecule has 5 rings (SSSR count). The van der Waals surface area contributed by atoms with Crippen LogP contribution in [0.4, 0.5) is 0 Å². The van der Waals surface area contributed by atoms with Gasteiger partial charge in [0, 0.05) is 19.1 Å². The Morgan fingerprint density at radius 3 is 2.53 bits per heavy atom. The summed E-state index contributed by atoms with van der Waals surface area (Å²) >= 11 is 1.68. The number of nitrogens with zero attached hydrogens (tertiary/aromatic N) is 3. The molecule has 0 spiro atoms. The van der Waals surface area contributed by atoms with E-state index in [4.69, 9.17) is 10.8 Å². The molecule has 3 heterocycles. The number of fused-ring (bicyclic) bond motifs is 1. The summed E-state index contributed by atoms with van der Waals surface area (Å²) in [5, 5.41) is 4.26. The Morgan fingerprint density at radius 2 is 1.82 bits per heavy atom. The highest BCUT2D eigenvalue weighted by Gasteiger charge is 2.31. The molecule has 2 aromatic heterocycles. The molecule has 2 atom stereocenters. The number of amidine groups is 1. The Hall–Kier alpha value is -3.20. The second kappa shape index (κ2) is 9.97. The minimum Gasteiger partial charge on any atom is -0.311 e. The molecule has 0 aliphatic carbocycles. The van der Waals surface area contributed by atoms with Crippen LogP contribution in [-0.2, 0) is 0 Å². The number of piperidine rings is 1. The van der Waals surface area contributed by atoms with Crippen molar-refractivity contribution in [2.75, 3.05) is 13.1 Å². The summed E-state index contributed by atoms with van der Waals surface area (Å²) in [5.41, 5.74) is 7.08. The molecule has 0 bridgehead atoms. The number of hydrogen-bond acceptors (Lipinski definition) is 5. The van der Waals surface area contributed by atoms with Crippen LogP contribution in [0.5, 0.6) is 0 Å². The first kappa shape index (κ1) is 22.6. The third kappa shape index (κ3) is 4.44. The number of imidazole rings is 1. The zero-order valence-corrected chi connectivity index (χ0v) is 20.0. The van der Waals surface area contributed by atoms with Crippen LogP contribution in [0.1, 0.15) is 49.0 Å². The van der Waals surface area contributed by atoms with Crippen molar-refractivity contribution in [2.24, 2.45) is 10.8 Å². The Morgan fingerprint density at radius 1 is 1.09 bits per heavy atom. The normalized spacial score (nSPS) is 17.6. The number of thiophene rings is 1. The van der Waals surface area contributed by atoms with Gasteiger partial charge in [-0.1, -0.05) is 42.5 Å². The fraction of sp³-hybridized carbons (Fsp3) is 0.308. The monoisotopic (exact) mass is 474 g/mol. The van der Waals surface area contributed by atoms with Crippen LogP contribution < -0.4 is 17.0 Å². The van der Waals surface area contributed by atoms with Crippen molar-refractivity contribution in [3.63, 3.8) is 0 Å². The van der Waals surface area contributed by atoms with E-state index in [0.29, 0.717) is 0 Å². The molecule has 4 aromatic rings. The minimum absolute atomic E-state index is 0.0178. The molecule has 4 N–H and O–H groups in total. The molecule has 0 radical (unpaired) electrons. The molecular weight excluding hydrogens is 444 g/mol. The van der Waals surface area contributed by atoms with Crippen LogP contribution >= 0.6 is 11.3 Å². The van der Waals surface area contributed by atoms with Gasteiger partial charge >= 0.3 is 5.69 Å². The molecule has 1 aliphatic rings. The highest BCUT2D eigenvalue weighted by atomic mass is 32.1. The van der Waals surface area contributed by atoms with E-state index in [1.54, 1.807) is 11.3 Å². The van der Waals surface area contributed by atoms with Crippen LogP contribution in [0.2, 0.25) is 0 Å². The summed E-state index contributed by atoms with van der Waals surface area (Å²) in [6.07, 6.45) is 1.77. The van der Waals surface area contributed by atoms with Crippen molar-refractivity contribution in [1.82, 2.24) is 19.9 Å². The van der Waals surface area contributed by atoms with E-state index in [9.17, 15) is 4.79 Å². The highest BCUT2D eigenvalue weighted by Crippen LogP contribution is 2.32. The maximum absolute atomic E-state index is 12.7. The number of aromatic nitrogens is 2. The van der Waals surface area contributed by atoms with Gasteiger partial charge in [-0.2, -0.15) is 11.3 Å². The zero-order valence-electron chi connectivity index (χ0n) is 19.2. The van der Waals surface area contributed by atoms with E-state index >= 15 is 0 Å². The summed E-state index contributed by atoms with van der Waals surface area (Å²) < 4.78 is 1.93. The van der Waals surface area contributed by atoms with Crippen LogP contribution in [0.3, 0.4) is 0 Å². The Bertz CT molecular complexity index is 1300. The number of aromatic amines is 1. The zero-order chi connectivity index (χ0) is 23.5. The number of H-pyrrole nitrogens is 1. The molecule has 176 valence electrons. The van der Waals surface area contributed by atoms with Gasteiger partial charge in [0.25, 0.3) is 0 Å². The summed E-state index contributed by atoms with van der Waals surface area (Å²) in [6.45, 7) is 3.78. The van der Waals surface area contributed by atoms with E-state index in [1.807, 2.05) is 47.0 Å². The van der Waals surface area contributed by atoms with Crippen molar-refractivity contribution < 1.29 is 0 Å². The van der Waals surface area contributed by atoms with E-state index in [1.165, 1.54) is 5.56 Å². The lowest BCUT2D eigenvalue weighted by molar-refractivity contribution is 0.164. The van der Waals surface area contributed by atoms with Crippen molar-refractivity contribution in [3.8, 4) is 0 Å². The fourth-order valence-corrected chi connectivity index (χ4v) is 5.69. The number of nitrogens with two attached hydrogens (primary N) is 1. The Labute approximate surface area is 202 Å². The molecule has 1 saturated heterocycles. The average molecular weight is 475 g/mol. The van der Waals surface area contributed by atoms with Crippen molar-refractivity contribution in [1.29, 1.82) is 0 Å². The summed E-state index contributed by atoms with van der Waals surface area (Å²) in [4.78, 5) is 23.1. The van der Waals surface area contributed by atoms with Gasteiger partial charge in [0.05, 0.1) is 23.1 Å². The molecule has 1 aliphatic heterocycles. The molecule has 8 heteroatoms. The van der Waals surface area contributed by atoms with Gasteiger partial charge < -0.3 is 10.4 Å². The topological polar surface area (TPSA) is 91.4 Å². The maximum Gasteiger partial charge on any atom is 0.326 e. The number of rotatable bonds is 6. The third-order valence-corrected chi connectivity index (χ3v) is 7.44. The molecular formula is C26H30N6OS. The molecule has 0 unspecified atom stereocenters. The lowest BCUT2D eigenvalue weighted by Crippen LogP contribution is -2.47. The SMILES string of the molecule is C[C@H](N=C(NN)[C@@H](c1ccsc1)N1CCC(n2c(=O)[nH]c3ccccc32)CC1)c1ccccc1. The van der Waals surface area contributed by atoms with Gasteiger partial charge in [-0.3, -0.25) is 14.5 Å². The summed E-state index contributed by atoms with van der Waals surface area (Å²) in [7, 11) is 0. The van der Waals surface area contributed by atoms with Crippen molar-refractivity contribution >= 4 is 28.2 Å². The predicted molar refractivity (Wildman–Crippen MR) is 139 cm³/mol. The van der Waals surface area contributed by atoms with E-state index < -0.39 is 0 Å². The molecule has 7 nitrogen and oxygen atoms in total. The number of nitrogens with one attached hydrogen (secondary N) is 2. The van der Waals surface area contributed by atoms with Crippen LogP contribution in [-0.4, -0.2) is 33.4 Å². The highest BCUT2D eigenvalue weighted by molar-refractivity contribution is 7.08. The summed E-state index contributed by atoms with van der Waals surface area (Å²) in [5.74, 6) is 6.81. The van der Waals surface area contributed by atoms with Crippen molar-refractivity contribution in [2.45, 2.75) is 37.9 Å². The van der Waals surface area contributed by atoms with Gasteiger partial charge in [-0.25, -0.2) is 10.6 Å². The van der Waals surface area contributed by atoms with Gasteiger partial charge in [-0.15, -0.1) is 0 Å². The van der Waals surface area contributed by atoms with Gasteiger partial charge in [-0.05, 0) is 59.9 Å². The van der Waals surface area contributed by atoms with E-state index in [-0.39, 0.29) is 23.8 Å². The number of para-hydroxylation sites is 2. The number of likely N-dealkylation sites (tertiary alicyclic amines) is 1. The second-order valence-corrected chi connectivity index (χ2v) is 9.57. The largest absolute Gasteiger partial charge is 0.326 e. The first-order chi connectivity index (χ1) is 16.7. The lowest BCUT2D eigenvalue weighted by atomic mass is 9.99. The lowest BCUT2D eigenvalue weighted by Gasteiger charge is -2.38. The minimum atomic E-state index is -0.0527. The van der Waals surface area contributed by atoms with Gasteiger partial charge in [0.2, 0.25) is 0 Å². The van der Waals surface area contributed by atoms with Gasteiger partial charge in [0.15, 0.2) is 0 Å². The maximum atomic E-state index is 12.7. The van der Waals surface area contributed by atoms with E-state index in [0.717, 1.165) is 48.4 Å². The fourth-order valence-electron chi connectivity index (χ4n) is 5.01. The van der Waals surface area contributed by atoms with Crippen LogP contribution in [0.25, 0.3) is 11.0 Å². The number of hydrogen-bond donors (Lipinski definition) is 3. The second-order valence-electron chi connectivity index (χ2n) is 8.79. The Balaban J connectivity index is 1.40.